The number of methoxy groups -OCH3 is 1. The third-order valence-electron chi connectivity index (χ3n) is 2.75. The van der Waals surface area contributed by atoms with E-state index in [2.05, 4.69) is 5.32 Å². The summed E-state index contributed by atoms with van der Waals surface area (Å²) in [6.45, 7) is 0. The van der Waals surface area contributed by atoms with Crippen molar-refractivity contribution < 1.29 is 19.4 Å². The molecule has 0 aliphatic carbocycles. The van der Waals surface area contributed by atoms with Gasteiger partial charge in [0.1, 0.15) is 5.75 Å². The van der Waals surface area contributed by atoms with Gasteiger partial charge in [-0.15, -0.1) is 0 Å². The zero-order valence-corrected chi connectivity index (χ0v) is 10.8. The van der Waals surface area contributed by atoms with Crippen molar-refractivity contribution in [2.24, 2.45) is 0 Å². The maximum absolute atomic E-state index is 11.3. The topological polar surface area (TPSA) is 75.6 Å². The van der Waals surface area contributed by atoms with Crippen LogP contribution in [0.15, 0.2) is 48.5 Å². The first-order valence-corrected chi connectivity index (χ1v) is 5.89. The molecule has 0 spiro atoms. The minimum Gasteiger partial charge on any atom is -0.497 e. The number of nitrogens with one attached hydrogen (secondary N) is 1. The van der Waals surface area contributed by atoms with Gasteiger partial charge in [0.05, 0.1) is 7.11 Å². The molecule has 1 amide bonds. The van der Waals surface area contributed by atoms with Crippen LogP contribution in [0.25, 0.3) is 11.1 Å². The molecule has 5 heteroatoms. The van der Waals surface area contributed by atoms with Crippen LogP contribution >= 0.6 is 0 Å². The number of benzene rings is 2. The standard InChI is InChI=1S/C15H13NO4/c1-20-11-7-8-13(16-14(17)15(18)19)12(9-11)10-5-3-2-4-6-10/h2-9H,1H3,(H,16,17)(H,18,19). The molecule has 0 unspecified atom stereocenters. The van der Waals surface area contributed by atoms with E-state index in [0.29, 0.717) is 17.0 Å². The number of anilines is 1. The van der Waals surface area contributed by atoms with E-state index in [1.165, 1.54) is 0 Å². The van der Waals surface area contributed by atoms with Crippen molar-refractivity contribution in [2.75, 3.05) is 12.4 Å². The molecule has 0 atom stereocenters. The zero-order valence-electron chi connectivity index (χ0n) is 10.8. The Balaban J connectivity index is 2.46. The van der Waals surface area contributed by atoms with Crippen molar-refractivity contribution in [3.63, 3.8) is 0 Å². The minimum absolute atomic E-state index is 0.421. The van der Waals surface area contributed by atoms with E-state index >= 15 is 0 Å². The summed E-state index contributed by atoms with van der Waals surface area (Å²) in [5.41, 5.74) is 1.97. The summed E-state index contributed by atoms with van der Waals surface area (Å²) in [6.07, 6.45) is 0. The molecular formula is C15H13NO4. The van der Waals surface area contributed by atoms with E-state index in [4.69, 9.17) is 9.84 Å². The lowest BCUT2D eigenvalue weighted by Gasteiger charge is -2.12. The third kappa shape index (κ3) is 2.95. The van der Waals surface area contributed by atoms with Gasteiger partial charge < -0.3 is 15.2 Å². The number of hydrogen-bond acceptors (Lipinski definition) is 3. The molecule has 2 aromatic carbocycles. The number of aliphatic carboxylic acids is 1. The number of carboxylic acid groups (broad SMARTS) is 1. The van der Waals surface area contributed by atoms with E-state index in [1.54, 1.807) is 25.3 Å². The van der Waals surface area contributed by atoms with Gasteiger partial charge in [-0.1, -0.05) is 30.3 Å². The van der Waals surface area contributed by atoms with Gasteiger partial charge in [-0.25, -0.2) is 4.79 Å². The van der Waals surface area contributed by atoms with Gasteiger partial charge in [0.15, 0.2) is 0 Å². The zero-order chi connectivity index (χ0) is 14.5. The van der Waals surface area contributed by atoms with E-state index in [1.807, 2.05) is 30.3 Å². The van der Waals surface area contributed by atoms with E-state index in [0.717, 1.165) is 5.56 Å². The molecule has 20 heavy (non-hydrogen) atoms. The number of ether oxygens (including phenoxy) is 1. The first-order valence-electron chi connectivity index (χ1n) is 5.89. The number of hydrogen-bond donors (Lipinski definition) is 2. The Bertz CT molecular complexity index is 638. The fraction of sp³-hybridized carbons (Fsp3) is 0.0667. The second-order valence-electron chi connectivity index (χ2n) is 4.04. The highest BCUT2D eigenvalue weighted by molar-refractivity contribution is 6.36. The van der Waals surface area contributed by atoms with Crippen LogP contribution < -0.4 is 10.1 Å². The van der Waals surface area contributed by atoms with Crippen LogP contribution in [0.4, 0.5) is 5.69 Å². The molecule has 0 radical (unpaired) electrons. The third-order valence-corrected chi connectivity index (χ3v) is 2.75. The van der Waals surface area contributed by atoms with E-state index in [-0.39, 0.29) is 0 Å². The van der Waals surface area contributed by atoms with Gasteiger partial charge in [0, 0.05) is 11.3 Å². The quantitative estimate of drug-likeness (QED) is 0.840. The number of carbonyl (C=O) groups excluding carboxylic acids is 1. The van der Waals surface area contributed by atoms with Crippen molar-refractivity contribution in [1.82, 2.24) is 0 Å². The lowest BCUT2D eigenvalue weighted by Crippen LogP contribution is -2.22. The minimum atomic E-state index is -1.53. The van der Waals surface area contributed by atoms with Crippen LogP contribution in [0.1, 0.15) is 0 Å². The summed E-state index contributed by atoms with van der Waals surface area (Å²) < 4.78 is 5.15. The Hall–Kier alpha value is -2.82. The molecule has 0 saturated heterocycles. The molecule has 102 valence electrons. The van der Waals surface area contributed by atoms with Gasteiger partial charge in [-0.2, -0.15) is 0 Å². The van der Waals surface area contributed by atoms with E-state index < -0.39 is 11.9 Å². The van der Waals surface area contributed by atoms with Gasteiger partial charge in [-0.05, 0) is 23.8 Å². The van der Waals surface area contributed by atoms with Crippen LogP contribution in [0.5, 0.6) is 5.75 Å². The molecule has 0 heterocycles. The summed E-state index contributed by atoms with van der Waals surface area (Å²) in [4.78, 5) is 21.9. The molecule has 0 bridgehead atoms. The van der Waals surface area contributed by atoms with Gasteiger partial charge in [-0.3, -0.25) is 4.79 Å². The highest BCUT2D eigenvalue weighted by Crippen LogP contribution is 2.31. The van der Waals surface area contributed by atoms with Crippen molar-refractivity contribution in [2.45, 2.75) is 0 Å². The highest BCUT2D eigenvalue weighted by Gasteiger charge is 2.14. The Kier molecular flexibility index (Phi) is 4.00. The van der Waals surface area contributed by atoms with Crippen molar-refractivity contribution >= 4 is 17.6 Å². The highest BCUT2D eigenvalue weighted by atomic mass is 16.5. The lowest BCUT2D eigenvalue weighted by molar-refractivity contribution is -0.147. The smallest absolute Gasteiger partial charge is 0.394 e. The van der Waals surface area contributed by atoms with Gasteiger partial charge in [0.2, 0.25) is 0 Å². The SMILES string of the molecule is COc1ccc(NC(=O)C(=O)O)c(-c2ccccc2)c1. The number of amides is 1. The summed E-state index contributed by atoms with van der Waals surface area (Å²) in [5.74, 6) is -1.98. The predicted octanol–water partition coefficient (Wildman–Crippen LogP) is 2.39. The first kappa shape index (κ1) is 13.6. The largest absolute Gasteiger partial charge is 0.497 e. The monoisotopic (exact) mass is 271 g/mol. The summed E-state index contributed by atoms with van der Waals surface area (Å²) in [7, 11) is 1.54. The summed E-state index contributed by atoms with van der Waals surface area (Å²) >= 11 is 0. The Morgan fingerprint density at radius 1 is 1.10 bits per heavy atom. The second-order valence-corrected chi connectivity index (χ2v) is 4.04. The maximum Gasteiger partial charge on any atom is 0.394 e. The predicted molar refractivity (Wildman–Crippen MR) is 74.7 cm³/mol. The van der Waals surface area contributed by atoms with Crippen LogP contribution in [-0.4, -0.2) is 24.1 Å². The molecule has 2 aromatic rings. The van der Waals surface area contributed by atoms with Crippen LogP contribution in [-0.2, 0) is 9.59 Å². The molecule has 2 N–H and O–H groups in total. The molecule has 2 rings (SSSR count). The first-order chi connectivity index (χ1) is 9.61. The fourth-order valence-electron chi connectivity index (χ4n) is 1.79. The summed E-state index contributed by atoms with van der Waals surface area (Å²) in [5, 5.41) is 11.0. The number of carbonyl (C=O) groups is 2. The average Bonchev–Trinajstić information content (AvgIpc) is 2.48. The van der Waals surface area contributed by atoms with Crippen LogP contribution in [0, 0.1) is 0 Å². The molecule has 0 aromatic heterocycles. The normalized spacial score (nSPS) is 9.85. The fourth-order valence-corrected chi connectivity index (χ4v) is 1.79. The second kappa shape index (κ2) is 5.88. The van der Waals surface area contributed by atoms with Crippen molar-refractivity contribution in [3.05, 3.63) is 48.5 Å². The maximum atomic E-state index is 11.3. The molecule has 0 aliphatic rings. The molecule has 0 fully saturated rings. The molecule has 5 nitrogen and oxygen atoms in total. The van der Waals surface area contributed by atoms with Crippen molar-refractivity contribution in [3.8, 4) is 16.9 Å². The van der Waals surface area contributed by atoms with E-state index in [9.17, 15) is 9.59 Å². The molecule has 0 saturated carbocycles. The van der Waals surface area contributed by atoms with Gasteiger partial charge in [0.25, 0.3) is 0 Å². The number of carboxylic acids is 1. The molecular weight excluding hydrogens is 258 g/mol. The Morgan fingerprint density at radius 2 is 1.80 bits per heavy atom. The summed E-state index contributed by atoms with van der Waals surface area (Å²) in [6, 6.07) is 14.3. The Labute approximate surface area is 115 Å². The van der Waals surface area contributed by atoms with Crippen LogP contribution in [0.3, 0.4) is 0 Å². The Morgan fingerprint density at radius 3 is 2.40 bits per heavy atom. The van der Waals surface area contributed by atoms with Crippen molar-refractivity contribution in [1.29, 1.82) is 0 Å². The average molecular weight is 271 g/mol. The number of rotatable bonds is 3. The lowest BCUT2D eigenvalue weighted by atomic mass is 10.0. The molecule has 0 aliphatic heterocycles. The van der Waals surface area contributed by atoms with Gasteiger partial charge >= 0.3 is 11.9 Å². The van der Waals surface area contributed by atoms with Crippen LogP contribution in [0.2, 0.25) is 0 Å².